The van der Waals surface area contributed by atoms with E-state index in [-0.39, 0.29) is 11.2 Å². The average molecular weight is 592 g/mol. The number of amides is 2. The number of halogens is 1. The molecule has 0 radical (unpaired) electrons. The molecular formula is C29H30ClN7O5. The second kappa shape index (κ2) is 11.3. The fraction of sp³-hybridized carbons (Fsp3) is 0.345. The number of rotatable bonds is 7. The van der Waals surface area contributed by atoms with Crippen molar-refractivity contribution in [3.05, 3.63) is 83.4 Å². The van der Waals surface area contributed by atoms with Crippen molar-refractivity contribution in [2.45, 2.75) is 57.0 Å². The molecule has 12 nitrogen and oxygen atoms in total. The number of benzene rings is 2. The summed E-state index contributed by atoms with van der Waals surface area (Å²) in [5.41, 5.74) is 7.81. The second-order valence-corrected chi connectivity index (χ2v) is 10.9. The van der Waals surface area contributed by atoms with Gasteiger partial charge in [0.15, 0.2) is 35.1 Å². The first-order chi connectivity index (χ1) is 20.2. The molecule has 4 heterocycles. The molecule has 6 rings (SSSR count). The third kappa shape index (κ3) is 5.53. The summed E-state index contributed by atoms with van der Waals surface area (Å²) >= 11 is 6.41. The summed E-state index contributed by atoms with van der Waals surface area (Å²) in [5, 5.41) is 3.45. The molecule has 42 heavy (non-hydrogen) atoms. The summed E-state index contributed by atoms with van der Waals surface area (Å²) in [6, 6.07) is 20.4. The maximum atomic E-state index is 12.9. The number of ether oxygens (including phenoxy) is 3. The van der Waals surface area contributed by atoms with E-state index in [2.05, 4.69) is 55.4 Å². The Morgan fingerprint density at radius 2 is 1.62 bits per heavy atom. The molecule has 0 aliphatic carbocycles. The van der Waals surface area contributed by atoms with Crippen LogP contribution in [0.15, 0.2) is 67.0 Å². The van der Waals surface area contributed by atoms with Crippen molar-refractivity contribution in [1.29, 1.82) is 0 Å². The van der Waals surface area contributed by atoms with E-state index in [0.717, 1.165) is 11.1 Å². The van der Waals surface area contributed by atoms with Gasteiger partial charge in [0.25, 0.3) is 5.91 Å². The number of nitrogens with zero attached hydrogens (tertiary/aromatic N) is 4. The SMILES string of the molecule is CC(=O)NNC(=O)C1O[C@@H](n2cnc3c(NCC(c4ccccc4)c4ccccc4)nc(Cl)nc32)[C@@H]2OC(C)(C)O[C@H]12. The molecule has 2 fully saturated rings. The zero-order valence-electron chi connectivity index (χ0n) is 23.2. The molecule has 4 aromatic rings. The summed E-state index contributed by atoms with van der Waals surface area (Å²) < 4.78 is 20.0. The fourth-order valence-electron chi connectivity index (χ4n) is 5.43. The van der Waals surface area contributed by atoms with Gasteiger partial charge in [0.05, 0.1) is 6.33 Å². The Bertz CT molecular complexity index is 1560. The van der Waals surface area contributed by atoms with Crippen LogP contribution in [0.4, 0.5) is 5.82 Å². The van der Waals surface area contributed by atoms with Crippen LogP contribution in [0, 0.1) is 0 Å². The quantitative estimate of drug-likeness (QED) is 0.218. The fourth-order valence-corrected chi connectivity index (χ4v) is 5.59. The molecule has 13 heteroatoms. The van der Waals surface area contributed by atoms with E-state index < -0.39 is 42.1 Å². The van der Waals surface area contributed by atoms with E-state index in [1.165, 1.54) is 6.92 Å². The van der Waals surface area contributed by atoms with E-state index in [0.29, 0.717) is 23.5 Å². The lowest BCUT2D eigenvalue weighted by Gasteiger charge is -2.24. The molecule has 0 spiro atoms. The normalized spacial score (nSPS) is 22.7. The van der Waals surface area contributed by atoms with Crippen LogP contribution < -0.4 is 16.2 Å². The molecule has 218 valence electrons. The molecule has 2 aliphatic heterocycles. The van der Waals surface area contributed by atoms with Crippen LogP contribution in [-0.4, -0.2) is 62.0 Å². The smallest absolute Gasteiger partial charge is 0.270 e. The number of nitrogens with one attached hydrogen (secondary N) is 3. The van der Waals surface area contributed by atoms with Crippen LogP contribution in [0.3, 0.4) is 0 Å². The van der Waals surface area contributed by atoms with Crippen LogP contribution in [0.5, 0.6) is 0 Å². The van der Waals surface area contributed by atoms with Gasteiger partial charge in [-0.1, -0.05) is 60.7 Å². The molecule has 0 bridgehead atoms. The van der Waals surface area contributed by atoms with Gasteiger partial charge in [-0.05, 0) is 36.6 Å². The van der Waals surface area contributed by atoms with Crippen molar-refractivity contribution >= 4 is 40.4 Å². The van der Waals surface area contributed by atoms with Crippen molar-refractivity contribution < 1.29 is 23.8 Å². The number of fused-ring (bicyclic) bond motifs is 2. The predicted octanol–water partition coefficient (Wildman–Crippen LogP) is 3.31. The standard InChI is InChI=1S/C29H30ClN7O5/c1-16(38)35-36-26(39)22-21-23(42-29(2,3)41-21)27(40-22)37-15-32-20-24(33-28(30)34-25(20)37)31-14-19(17-10-6-4-7-11-17)18-12-8-5-9-13-18/h4-13,15,19,21-23,27H,14H2,1-3H3,(H,35,38)(H,36,39)(H,31,33,34)/t21-,22?,23-,27-/m1/s1. The zero-order valence-corrected chi connectivity index (χ0v) is 23.9. The number of hydrogen-bond donors (Lipinski definition) is 3. The van der Waals surface area contributed by atoms with Crippen molar-refractivity contribution in [2.75, 3.05) is 11.9 Å². The number of anilines is 1. The topological polar surface area (TPSA) is 142 Å². The summed E-state index contributed by atoms with van der Waals surface area (Å²) in [5.74, 6) is -1.47. The highest BCUT2D eigenvalue weighted by Gasteiger charge is 2.58. The number of hydrazine groups is 1. The molecule has 4 atom stereocenters. The summed E-state index contributed by atoms with van der Waals surface area (Å²) in [6.45, 7) is 5.32. The number of imidazole rings is 1. The maximum absolute atomic E-state index is 12.9. The first-order valence-electron chi connectivity index (χ1n) is 13.5. The lowest BCUT2D eigenvalue weighted by Crippen LogP contribution is -2.49. The number of carbonyl (C=O) groups excluding carboxylic acids is 2. The van der Waals surface area contributed by atoms with Crippen LogP contribution >= 0.6 is 11.6 Å². The summed E-state index contributed by atoms with van der Waals surface area (Å²) in [6.07, 6.45) is -1.76. The molecular weight excluding hydrogens is 562 g/mol. The first-order valence-corrected chi connectivity index (χ1v) is 13.9. The van der Waals surface area contributed by atoms with Gasteiger partial charge >= 0.3 is 0 Å². The Hall–Kier alpha value is -4.10. The Balaban J connectivity index is 1.30. The van der Waals surface area contributed by atoms with E-state index in [9.17, 15) is 9.59 Å². The molecule has 3 N–H and O–H groups in total. The third-order valence-electron chi connectivity index (χ3n) is 7.20. The second-order valence-electron chi connectivity index (χ2n) is 10.6. The van der Waals surface area contributed by atoms with E-state index >= 15 is 0 Å². The van der Waals surface area contributed by atoms with Crippen LogP contribution in [0.2, 0.25) is 5.28 Å². The number of aromatic nitrogens is 4. The number of hydrogen-bond acceptors (Lipinski definition) is 9. The van der Waals surface area contributed by atoms with Gasteiger partial charge in [0, 0.05) is 19.4 Å². The van der Waals surface area contributed by atoms with Gasteiger partial charge in [-0.3, -0.25) is 25.0 Å². The molecule has 2 aromatic carbocycles. The highest BCUT2D eigenvalue weighted by molar-refractivity contribution is 6.28. The van der Waals surface area contributed by atoms with Crippen molar-refractivity contribution in [3.8, 4) is 0 Å². The van der Waals surface area contributed by atoms with Crippen molar-refractivity contribution in [2.24, 2.45) is 0 Å². The maximum Gasteiger partial charge on any atom is 0.270 e. The van der Waals surface area contributed by atoms with Gasteiger partial charge in [-0.2, -0.15) is 9.97 Å². The van der Waals surface area contributed by atoms with Crippen molar-refractivity contribution in [3.63, 3.8) is 0 Å². The summed E-state index contributed by atoms with van der Waals surface area (Å²) in [4.78, 5) is 37.7. The number of carbonyl (C=O) groups is 2. The highest BCUT2D eigenvalue weighted by atomic mass is 35.5. The van der Waals surface area contributed by atoms with Gasteiger partial charge in [-0.25, -0.2) is 4.98 Å². The largest absolute Gasteiger partial charge is 0.367 e. The average Bonchev–Trinajstić information content (AvgIpc) is 3.63. The third-order valence-corrected chi connectivity index (χ3v) is 7.36. The Morgan fingerprint density at radius 1 is 0.976 bits per heavy atom. The van der Waals surface area contributed by atoms with Gasteiger partial charge in [0.2, 0.25) is 11.2 Å². The lowest BCUT2D eigenvalue weighted by atomic mass is 9.91. The minimum Gasteiger partial charge on any atom is -0.367 e. The first kappa shape index (κ1) is 28.0. The Kier molecular flexibility index (Phi) is 7.54. The summed E-state index contributed by atoms with van der Waals surface area (Å²) in [7, 11) is 0. The molecule has 1 unspecified atom stereocenters. The Morgan fingerprint density at radius 3 is 2.26 bits per heavy atom. The van der Waals surface area contributed by atoms with Crippen LogP contribution in [-0.2, 0) is 23.8 Å². The minimum absolute atomic E-state index is 0.0149. The molecule has 2 saturated heterocycles. The van der Waals surface area contributed by atoms with Gasteiger partial charge in [0.1, 0.15) is 12.2 Å². The van der Waals surface area contributed by atoms with Crippen molar-refractivity contribution in [1.82, 2.24) is 30.4 Å². The molecule has 2 aromatic heterocycles. The van der Waals surface area contributed by atoms with E-state index in [1.807, 2.05) is 36.4 Å². The lowest BCUT2D eigenvalue weighted by molar-refractivity contribution is -0.197. The monoisotopic (exact) mass is 591 g/mol. The molecule has 0 saturated carbocycles. The van der Waals surface area contributed by atoms with E-state index in [1.54, 1.807) is 24.7 Å². The van der Waals surface area contributed by atoms with Crippen LogP contribution in [0.25, 0.3) is 11.2 Å². The van der Waals surface area contributed by atoms with E-state index in [4.69, 9.17) is 25.8 Å². The highest BCUT2D eigenvalue weighted by Crippen LogP contribution is 2.44. The minimum atomic E-state index is -1.07. The Labute approximate surface area is 246 Å². The molecule has 2 aliphatic rings. The molecule has 2 amide bonds. The zero-order chi connectivity index (χ0) is 29.4. The predicted molar refractivity (Wildman–Crippen MR) is 153 cm³/mol. The van der Waals surface area contributed by atoms with Gasteiger partial charge < -0.3 is 19.5 Å². The van der Waals surface area contributed by atoms with Crippen LogP contribution in [0.1, 0.15) is 44.0 Å². The van der Waals surface area contributed by atoms with Gasteiger partial charge in [-0.15, -0.1) is 0 Å².